The molecule has 0 fully saturated rings. The van der Waals surface area contributed by atoms with Crippen molar-refractivity contribution in [1.82, 2.24) is 5.06 Å². The highest BCUT2D eigenvalue weighted by atomic mass is 32.2. The SMILES string of the molecule is CC(C[Si](C)(C)C)C(=O)OCS(=O)(=O)ON1C(=O)C=CC1=O. The minimum Gasteiger partial charge on any atom is -0.446 e. The summed E-state index contributed by atoms with van der Waals surface area (Å²) in [6.45, 7) is 7.89. The highest BCUT2D eigenvalue weighted by Gasteiger charge is 2.31. The molecule has 124 valence electrons. The van der Waals surface area contributed by atoms with Crippen LogP contribution in [0.5, 0.6) is 0 Å². The summed E-state index contributed by atoms with van der Waals surface area (Å²) < 4.78 is 32.3. The summed E-state index contributed by atoms with van der Waals surface area (Å²) in [5.41, 5.74) is 0. The summed E-state index contributed by atoms with van der Waals surface area (Å²) in [5, 5.41) is 0.0919. The maximum Gasteiger partial charge on any atom is 0.324 e. The molecule has 0 aromatic rings. The zero-order valence-corrected chi connectivity index (χ0v) is 14.7. The molecule has 0 radical (unpaired) electrons. The Morgan fingerprint density at radius 2 is 1.73 bits per heavy atom. The van der Waals surface area contributed by atoms with Gasteiger partial charge < -0.3 is 4.74 Å². The van der Waals surface area contributed by atoms with Crippen LogP contribution in [0, 0.1) is 5.92 Å². The molecule has 0 aliphatic carbocycles. The van der Waals surface area contributed by atoms with Crippen LogP contribution in [0.2, 0.25) is 25.7 Å². The summed E-state index contributed by atoms with van der Waals surface area (Å²) in [4.78, 5) is 34.1. The minimum atomic E-state index is -4.39. The normalized spacial score (nSPS) is 17.0. The molecule has 0 saturated heterocycles. The van der Waals surface area contributed by atoms with Gasteiger partial charge in [-0.25, -0.2) is 0 Å². The summed E-state index contributed by atoms with van der Waals surface area (Å²) in [6, 6.07) is 0.653. The number of imide groups is 1. The van der Waals surface area contributed by atoms with E-state index in [2.05, 4.69) is 23.9 Å². The fourth-order valence-electron chi connectivity index (χ4n) is 1.87. The Morgan fingerprint density at radius 1 is 1.23 bits per heavy atom. The van der Waals surface area contributed by atoms with E-state index in [9.17, 15) is 22.8 Å². The molecule has 2 amide bonds. The number of esters is 1. The predicted molar refractivity (Wildman–Crippen MR) is 79.3 cm³/mol. The first-order chi connectivity index (χ1) is 9.91. The van der Waals surface area contributed by atoms with Gasteiger partial charge in [0.05, 0.1) is 5.92 Å². The van der Waals surface area contributed by atoms with Crippen molar-refractivity contribution < 1.29 is 31.8 Å². The zero-order chi connectivity index (χ0) is 17.1. The van der Waals surface area contributed by atoms with E-state index >= 15 is 0 Å². The van der Waals surface area contributed by atoms with E-state index in [4.69, 9.17) is 4.74 Å². The maximum absolute atomic E-state index is 11.8. The molecule has 0 spiro atoms. The Morgan fingerprint density at radius 3 is 2.18 bits per heavy atom. The molecule has 0 N–H and O–H groups in total. The molecule has 1 aliphatic rings. The number of amides is 2. The largest absolute Gasteiger partial charge is 0.446 e. The average Bonchev–Trinajstić information content (AvgIpc) is 2.65. The number of carbonyl (C=O) groups is 3. The number of nitrogens with zero attached hydrogens (tertiary/aromatic N) is 1. The van der Waals surface area contributed by atoms with E-state index in [0.717, 1.165) is 12.2 Å². The Bertz CT molecular complexity index is 587. The number of hydrogen-bond acceptors (Lipinski definition) is 7. The van der Waals surface area contributed by atoms with Crippen LogP contribution in [0.15, 0.2) is 12.2 Å². The van der Waals surface area contributed by atoms with Crippen LogP contribution >= 0.6 is 0 Å². The lowest BCUT2D eigenvalue weighted by Crippen LogP contribution is -2.35. The van der Waals surface area contributed by atoms with Crippen LogP contribution in [0.4, 0.5) is 0 Å². The molecule has 1 rings (SSSR count). The molecule has 8 nitrogen and oxygen atoms in total. The van der Waals surface area contributed by atoms with Gasteiger partial charge in [-0.1, -0.05) is 26.6 Å². The molecule has 1 unspecified atom stereocenters. The number of hydroxylamine groups is 2. The lowest BCUT2D eigenvalue weighted by molar-refractivity contribution is -0.162. The third-order valence-electron chi connectivity index (χ3n) is 2.62. The lowest BCUT2D eigenvalue weighted by atomic mass is 10.2. The van der Waals surface area contributed by atoms with Gasteiger partial charge in [0.1, 0.15) is 0 Å². The molecule has 10 heteroatoms. The second-order valence-electron chi connectivity index (χ2n) is 6.18. The van der Waals surface area contributed by atoms with Crippen LogP contribution < -0.4 is 0 Å². The van der Waals surface area contributed by atoms with Crippen molar-refractivity contribution >= 4 is 36.0 Å². The van der Waals surface area contributed by atoms with Crippen LogP contribution in [0.25, 0.3) is 0 Å². The topological polar surface area (TPSA) is 107 Å². The summed E-state index contributed by atoms with van der Waals surface area (Å²) in [6.07, 6.45) is 1.75. The van der Waals surface area contributed by atoms with Gasteiger partial charge in [0.15, 0.2) is 0 Å². The van der Waals surface area contributed by atoms with E-state index in [1.54, 1.807) is 6.92 Å². The smallest absolute Gasteiger partial charge is 0.324 e. The first-order valence-electron chi connectivity index (χ1n) is 6.56. The number of ether oxygens (including phenoxy) is 1. The van der Waals surface area contributed by atoms with Crippen molar-refractivity contribution in [2.75, 3.05) is 5.94 Å². The Balaban J connectivity index is 2.54. The van der Waals surface area contributed by atoms with Gasteiger partial charge in [-0.3, -0.25) is 14.4 Å². The molecule has 22 heavy (non-hydrogen) atoms. The summed E-state index contributed by atoms with van der Waals surface area (Å²) in [7, 11) is -5.88. The molecule has 1 aliphatic heterocycles. The van der Waals surface area contributed by atoms with Crippen molar-refractivity contribution in [1.29, 1.82) is 0 Å². The Labute approximate surface area is 130 Å². The molecule has 0 aromatic heterocycles. The average molecular weight is 349 g/mol. The second-order valence-corrected chi connectivity index (χ2v) is 13.2. The first kappa shape index (κ1) is 18.5. The van der Waals surface area contributed by atoms with E-state index in [0.29, 0.717) is 6.04 Å². The number of hydrogen-bond donors (Lipinski definition) is 0. The van der Waals surface area contributed by atoms with Gasteiger partial charge in [0, 0.05) is 20.2 Å². The molecule has 0 saturated carbocycles. The van der Waals surface area contributed by atoms with Crippen molar-refractivity contribution in [2.24, 2.45) is 5.92 Å². The van der Waals surface area contributed by atoms with Crippen molar-refractivity contribution in [3.8, 4) is 0 Å². The van der Waals surface area contributed by atoms with Crippen molar-refractivity contribution in [3.05, 3.63) is 12.2 Å². The molecule has 1 heterocycles. The van der Waals surface area contributed by atoms with Crippen LogP contribution in [0.1, 0.15) is 6.92 Å². The molecule has 0 aromatic carbocycles. The lowest BCUT2D eigenvalue weighted by Gasteiger charge is -2.20. The minimum absolute atomic E-state index is 0.0919. The second kappa shape index (κ2) is 6.71. The van der Waals surface area contributed by atoms with E-state index in [1.807, 2.05) is 0 Å². The molecule has 0 bridgehead atoms. The third-order valence-corrected chi connectivity index (χ3v) is 5.24. The monoisotopic (exact) mass is 349 g/mol. The fourth-order valence-corrected chi connectivity index (χ4v) is 4.55. The summed E-state index contributed by atoms with van der Waals surface area (Å²) in [5.74, 6) is -3.97. The van der Waals surface area contributed by atoms with Gasteiger partial charge in [0.2, 0.25) is 5.94 Å². The van der Waals surface area contributed by atoms with Gasteiger partial charge in [-0.05, 0) is 6.04 Å². The van der Waals surface area contributed by atoms with Crippen molar-refractivity contribution in [2.45, 2.75) is 32.6 Å². The van der Waals surface area contributed by atoms with Crippen LogP contribution in [0.3, 0.4) is 0 Å². The quantitative estimate of drug-likeness (QED) is 0.377. The molecule has 1 atom stereocenters. The number of carbonyl (C=O) groups excluding carboxylic acids is 3. The maximum atomic E-state index is 11.8. The standard InChI is InChI=1S/C12H19NO7SSi/c1-9(7-22(2,3)4)12(16)19-8-21(17,18)20-13-10(14)5-6-11(13)15/h5-6,9H,7-8H2,1-4H3. The van der Waals surface area contributed by atoms with E-state index in [1.165, 1.54) is 0 Å². The van der Waals surface area contributed by atoms with Gasteiger partial charge in [-0.2, -0.15) is 8.42 Å². The van der Waals surface area contributed by atoms with Gasteiger partial charge in [0.25, 0.3) is 11.8 Å². The third kappa shape index (κ3) is 5.70. The van der Waals surface area contributed by atoms with E-state index in [-0.39, 0.29) is 5.06 Å². The van der Waals surface area contributed by atoms with Crippen LogP contribution in [-0.4, -0.2) is 45.3 Å². The Hall–Kier alpha value is -1.52. The van der Waals surface area contributed by atoms with Gasteiger partial charge >= 0.3 is 16.1 Å². The summed E-state index contributed by atoms with van der Waals surface area (Å²) >= 11 is 0. The highest BCUT2D eigenvalue weighted by molar-refractivity contribution is 7.86. The Kier molecular flexibility index (Phi) is 5.65. The zero-order valence-electron chi connectivity index (χ0n) is 12.9. The number of rotatable bonds is 7. The first-order valence-corrected chi connectivity index (χ1v) is 11.8. The molecular weight excluding hydrogens is 330 g/mol. The van der Waals surface area contributed by atoms with Gasteiger partial charge in [-0.15, -0.1) is 9.35 Å². The van der Waals surface area contributed by atoms with E-state index < -0.39 is 47.8 Å². The molecular formula is C12H19NO7SSi. The van der Waals surface area contributed by atoms with Crippen molar-refractivity contribution in [3.63, 3.8) is 0 Å². The predicted octanol–water partition coefficient (Wildman–Crippen LogP) is 0.648. The fraction of sp³-hybridized carbons (Fsp3) is 0.583. The van der Waals surface area contributed by atoms with Crippen LogP contribution in [-0.2, 0) is 33.5 Å². The highest BCUT2D eigenvalue weighted by Crippen LogP contribution is 2.18.